The Morgan fingerprint density at radius 3 is 1.83 bits per heavy atom. The summed E-state index contributed by atoms with van der Waals surface area (Å²) in [6, 6.07) is 26.0. The molecule has 0 N–H and O–H groups in total. The number of hydrogen-bond acceptors (Lipinski definition) is 2. The lowest BCUT2D eigenvalue weighted by Crippen LogP contribution is -2.34. The topological polar surface area (TPSA) is 6.48 Å². The Morgan fingerprint density at radius 1 is 0.724 bits per heavy atom. The van der Waals surface area contributed by atoms with Gasteiger partial charge in [-0.15, -0.1) is 0 Å². The summed E-state index contributed by atoms with van der Waals surface area (Å²) in [5, 5.41) is 0. The Morgan fingerprint density at radius 2 is 1.28 bits per heavy atom. The van der Waals surface area contributed by atoms with E-state index in [2.05, 4.69) is 53.4 Å². The van der Waals surface area contributed by atoms with Crippen LogP contribution in [0.25, 0.3) is 0 Å². The molecule has 0 aromatic heterocycles. The Balaban J connectivity index is 1.32. The maximum atomic E-state index is 14.2. The van der Waals surface area contributed by atoms with Crippen molar-refractivity contribution in [3.63, 3.8) is 0 Å². The normalized spacial score (nSPS) is 22.7. The molecule has 2 nitrogen and oxygen atoms in total. The Hall–Kier alpha value is -2.72. The summed E-state index contributed by atoms with van der Waals surface area (Å²) in [6.07, 6.45) is 0. The van der Waals surface area contributed by atoms with E-state index >= 15 is 0 Å². The molecule has 2 unspecified atom stereocenters. The monoisotopic (exact) mass is 390 g/mol. The summed E-state index contributed by atoms with van der Waals surface area (Å²) in [4.78, 5) is 4.56. The first kappa shape index (κ1) is 18.3. The molecule has 1 aliphatic heterocycles. The summed E-state index contributed by atoms with van der Waals surface area (Å²) in [5.74, 6) is -0.486. The largest absolute Gasteiger partial charge is 0.368 e. The third-order valence-corrected chi connectivity index (χ3v) is 6.30. The van der Waals surface area contributed by atoms with Crippen LogP contribution in [0.4, 0.5) is 14.5 Å². The van der Waals surface area contributed by atoms with Crippen molar-refractivity contribution in [2.75, 3.05) is 18.0 Å². The van der Waals surface area contributed by atoms with Crippen LogP contribution in [0.3, 0.4) is 0 Å². The van der Waals surface area contributed by atoms with Crippen molar-refractivity contribution in [1.82, 2.24) is 4.90 Å². The minimum atomic E-state index is -0.769. The molecular weight excluding hydrogens is 366 g/mol. The van der Waals surface area contributed by atoms with Crippen LogP contribution in [-0.2, 0) is 13.1 Å². The van der Waals surface area contributed by atoms with Gasteiger partial charge in [-0.05, 0) is 35.1 Å². The molecule has 2 fully saturated rings. The average molecular weight is 390 g/mol. The van der Waals surface area contributed by atoms with Crippen molar-refractivity contribution in [3.8, 4) is 0 Å². The molecule has 148 valence electrons. The van der Waals surface area contributed by atoms with Crippen molar-refractivity contribution in [1.29, 1.82) is 0 Å². The standard InChI is InChI=1S/C25H24F2N2/c26-22-12-7-13-23(24(22)27)28-16-20-21(17-28)25(20)29(14-18-8-3-1-4-9-18)15-19-10-5-2-6-11-19/h1-13,20-21,25H,14-17H2/t20-,21?,25?/m0/s1. The first-order valence-corrected chi connectivity index (χ1v) is 10.2. The number of rotatable bonds is 6. The van der Waals surface area contributed by atoms with Gasteiger partial charge in [0.25, 0.3) is 0 Å². The van der Waals surface area contributed by atoms with E-state index in [1.807, 2.05) is 17.0 Å². The number of piperidine rings is 1. The van der Waals surface area contributed by atoms with Crippen molar-refractivity contribution in [2.24, 2.45) is 11.8 Å². The smallest absolute Gasteiger partial charge is 0.182 e. The van der Waals surface area contributed by atoms with Gasteiger partial charge in [0.15, 0.2) is 11.6 Å². The molecule has 3 aromatic rings. The second-order valence-corrected chi connectivity index (χ2v) is 8.17. The van der Waals surface area contributed by atoms with E-state index in [0.29, 0.717) is 23.6 Å². The molecule has 0 spiro atoms. The highest BCUT2D eigenvalue weighted by atomic mass is 19.2. The predicted molar refractivity (Wildman–Crippen MR) is 111 cm³/mol. The summed E-state index contributed by atoms with van der Waals surface area (Å²) < 4.78 is 27.8. The van der Waals surface area contributed by atoms with E-state index in [-0.39, 0.29) is 0 Å². The molecule has 1 heterocycles. The molecule has 1 saturated carbocycles. The molecule has 3 atom stereocenters. The first-order chi connectivity index (χ1) is 14.2. The zero-order valence-corrected chi connectivity index (χ0v) is 16.2. The fraction of sp³-hybridized carbons (Fsp3) is 0.280. The van der Waals surface area contributed by atoms with Gasteiger partial charge in [-0.3, -0.25) is 4.90 Å². The van der Waals surface area contributed by atoms with Gasteiger partial charge in [-0.2, -0.15) is 0 Å². The van der Waals surface area contributed by atoms with Crippen LogP contribution >= 0.6 is 0 Å². The molecule has 29 heavy (non-hydrogen) atoms. The van der Waals surface area contributed by atoms with Gasteiger partial charge in [0.1, 0.15) is 0 Å². The fourth-order valence-electron chi connectivity index (χ4n) is 4.87. The summed E-state index contributed by atoms with van der Waals surface area (Å²) in [7, 11) is 0. The van der Waals surface area contributed by atoms with Crippen LogP contribution in [0.1, 0.15) is 11.1 Å². The predicted octanol–water partition coefficient (Wildman–Crippen LogP) is 5.10. The lowest BCUT2D eigenvalue weighted by Gasteiger charge is -2.29. The average Bonchev–Trinajstić information content (AvgIpc) is 3.24. The molecule has 1 aliphatic carbocycles. The Labute approximate surface area is 170 Å². The number of fused-ring (bicyclic) bond motifs is 1. The van der Waals surface area contributed by atoms with Crippen LogP contribution in [0.5, 0.6) is 0 Å². The molecule has 4 heteroatoms. The van der Waals surface area contributed by atoms with Crippen LogP contribution < -0.4 is 4.90 Å². The molecule has 0 amide bonds. The number of hydrogen-bond donors (Lipinski definition) is 0. The van der Waals surface area contributed by atoms with E-state index < -0.39 is 11.6 Å². The molecule has 0 bridgehead atoms. The molecule has 1 saturated heterocycles. The Kier molecular flexibility index (Phi) is 4.80. The summed E-state index contributed by atoms with van der Waals surface area (Å²) in [6.45, 7) is 3.38. The second-order valence-electron chi connectivity index (χ2n) is 8.17. The lowest BCUT2D eigenvalue weighted by molar-refractivity contribution is 0.222. The van der Waals surface area contributed by atoms with Crippen LogP contribution in [0.2, 0.25) is 0 Å². The van der Waals surface area contributed by atoms with E-state index in [1.54, 1.807) is 12.1 Å². The molecular formula is C25H24F2N2. The summed E-state index contributed by atoms with van der Waals surface area (Å²) >= 11 is 0. The molecule has 3 aromatic carbocycles. The quantitative estimate of drug-likeness (QED) is 0.578. The van der Waals surface area contributed by atoms with Gasteiger partial charge in [-0.25, -0.2) is 8.78 Å². The van der Waals surface area contributed by atoms with Gasteiger partial charge < -0.3 is 4.90 Å². The third-order valence-electron chi connectivity index (χ3n) is 6.30. The number of nitrogens with zero attached hydrogens (tertiary/aromatic N) is 2. The third kappa shape index (κ3) is 3.65. The van der Waals surface area contributed by atoms with E-state index in [0.717, 1.165) is 26.2 Å². The van der Waals surface area contributed by atoms with Crippen molar-refractivity contribution >= 4 is 5.69 Å². The number of benzene rings is 3. The van der Waals surface area contributed by atoms with Gasteiger partial charge in [0.2, 0.25) is 0 Å². The number of anilines is 1. The maximum absolute atomic E-state index is 14.2. The van der Waals surface area contributed by atoms with E-state index in [9.17, 15) is 8.78 Å². The second kappa shape index (κ2) is 7.60. The van der Waals surface area contributed by atoms with Crippen LogP contribution in [0.15, 0.2) is 78.9 Å². The van der Waals surface area contributed by atoms with Crippen LogP contribution in [-0.4, -0.2) is 24.0 Å². The molecule has 0 radical (unpaired) electrons. The Bertz CT molecular complexity index is 923. The minimum absolute atomic E-state index is 0.397. The van der Waals surface area contributed by atoms with Gasteiger partial charge in [0.05, 0.1) is 5.69 Å². The maximum Gasteiger partial charge on any atom is 0.182 e. The zero-order chi connectivity index (χ0) is 19.8. The van der Waals surface area contributed by atoms with E-state index in [4.69, 9.17) is 0 Å². The lowest BCUT2D eigenvalue weighted by atomic mass is 10.1. The fourth-order valence-corrected chi connectivity index (χ4v) is 4.87. The molecule has 2 aliphatic rings. The van der Waals surface area contributed by atoms with Crippen LogP contribution in [0, 0.1) is 23.5 Å². The van der Waals surface area contributed by atoms with Crippen molar-refractivity contribution in [2.45, 2.75) is 19.1 Å². The molecule has 5 rings (SSSR count). The first-order valence-electron chi connectivity index (χ1n) is 10.2. The zero-order valence-electron chi connectivity index (χ0n) is 16.2. The van der Waals surface area contributed by atoms with E-state index in [1.165, 1.54) is 17.2 Å². The van der Waals surface area contributed by atoms with Crippen molar-refractivity contribution in [3.05, 3.63) is 102 Å². The number of halogens is 2. The van der Waals surface area contributed by atoms with Gasteiger partial charge in [0, 0.05) is 32.2 Å². The SMILES string of the molecule is Fc1cccc(N2CC3C(N(Cc4ccccc4)Cc4ccccc4)[C@H]3C2)c1F. The van der Waals surface area contributed by atoms with Gasteiger partial charge in [-0.1, -0.05) is 66.7 Å². The minimum Gasteiger partial charge on any atom is -0.368 e. The van der Waals surface area contributed by atoms with Crippen molar-refractivity contribution < 1.29 is 8.78 Å². The van der Waals surface area contributed by atoms with Gasteiger partial charge >= 0.3 is 0 Å². The highest BCUT2D eigenvalue weighted by Crippen LogP contribution is 2.51. The summed E-state index contributed by atoms with van der Waals surface area (Å²) in [5.41, 5.74) is 3.01. The highest BCUT2D eigenvalue weighted by molar-refractivity contribution is 5.51. The highest BCUT2D eigenvalue weighted by Gasteiger charge is 2.58.